The van der Waals surface area contributed by atoms with E-state index < -0.39 is 5.97 Å². The molecule has 0 saturated carbocycles. The number of carbonyl (C=O) groups is 1. The van der Waals surface area contributed by atoms with Crippen LogP contribution in [0.1, 0.15) is 16.7 Å². The van der Waals surface area contributed by atoms with E-state index in [1.807, 2.05) is 66.7 Å². The fourth-order valence-corrected chi connectivity index (χ4v) is 3.70. The molecule has 0 amide bonds. The number of carbonyl (C=O) groups excluding carboxylic acids is 1. The van der Waals surface area contributed by atoms with E-state index in [0.29, 0.717) is 22.6 Å². The van der Waals surface area contributed by atoms with Gasteiger partial charge in [0.1, 0.15) is 23.9 Å². The van der Waals surface area contributed by atoms with Crippen molar-refractivity contribution >= 4 is 28.5 Å². The second kappa shape index (κ2) is 8.47. The van der Waals surface area contributed by atoms with Crippen molar-refractivity contribution in [3.63, 3.8) is 0 Å². The van der Waals surface area contributed by atoms with E-state index in [1.54, 1.807) is 18.2 Å². The summed E-state index contributed by atoms with van der Waals surface area (Å²) in [6.07, 6.45) is 1.75. The lowest BCUT2D eigenvalue weighted by Crippen LogP contribution is -2.07. The maximum Gasteiger partial charge on any atom is 0.368 e. The van der Waals surface area contributed by atoms with Crippen molar-refractivity contribution in [2.45, 2.75) is 6.61 Å². The molecular formula is C27H18FNO3. The van der Waals surface area contributed by atoms with Crippen molar-refractivity contribution in [1.82, 2.24) is 0 Å². The van der Waals surface area contributed by atoms with Gasteiger partial charge in [-0.15, -0.1) is 0 Å². The molecule has 32 heavy (non-hydrogen) atoms. The first-order valence-corrected chi connectivity index (χ1v) is 10.1. The van der Waals surface area contributed by atoms with Crippen LogP contribution in [0.5, 0.6) is 5.75 Å². The van der Waals surface area contributed by atoms with Gasteiger partial charge in [0.15, 0.2) is 0 Å². The van der Waals surface area contributed by atoms with Crippen molar-refractivity contribution < 1.29 is 18.8 Å². The maximum absolute atomic E-state index is 13.6. The molecule has 1 aliphatic rings. The summed E-state index contributed by atoms with van der Waals surface area (Å²) in [6.45, 7) is 0.191. The van der Waals surface area contributed by atoms with E-state index in [2.05, 4.69) is 5.16 Å². The van der Waals surface area contributed by atoms with Crippen LogP contribution in [0.2, 0.25) is 0 Å². The Morgan fingerprint density at radius 1 is 0.906 bits per heavy atom. The number of fused-ring (bicyclic) bond motifs is 1. The molecule has 0 atom stereocenters. The van der Waals surface area contributed by atoms with Crippen LogP contribution in [0.25, 0.3) is 16.8 Å². The number of nitrogens with zero attached hydrogens (tertiary/aromatic N) is 1. The van der Waals surface area contributed by atoms with E-state index in [4.69, 9.17) is 9.57 Å². The molecule has 5 heteroatoms. The molecule has 0 fully saturated rings. The summed E-state index contributed by atoms with van der Waals surface area (Å²) in [5.74, 6) is -0.259. The number of halogens is 1. The van der Waals surface area contributed by atoms with Gasteiger partial charge in [0.05, 0.1) is 5.57 Å². The van der Waals surface area contributed by atoms with Gasteiger partial charge in [0.25, 0.3) is 0 Å². The van der Waals surface area contributed by atoms with E-state index in [0.717, 1.165) is 21.9 Å². The Bertz CT molecular complexity index is 1380. The Balaban J connectivity index is 1.59. The molecule has 0 aliphatic carbocycles. The number of oxime groups is 1. The molecule has 0 N–H and O–H groups in total. The molecule has 4 nitrogen and oxygen atoms in total. The average molecular weight is 423 g/mol. The first-order chi connectivity index (χ1) is 15.7. The molecule has 4 aromatic rings. The van der Waals surface area contributed by atoms with Crippen molar-refractivity contribution in [3.8, 4) is 5.75 Å². The zero-order chi connectivity index (χ0) is 21.9. The van der Waals surface area contributed by atoms with E-state index in [-0.39, 0.29) is 12.4 Å². The molecule has 0 unspecified atom stereocenters. The highest BCUT2D eigenvalue weighted by atomic mass is 19.1. The van der Waals surface area contributed by atoms with Gasteiger partial charge < -0.3 is 9.57 Å². The lowest BCUT2D eigenvalue weighted by molar-refractivity contribution is -0.136. The Kier molecular flexibility index (Phi) is 5.22. The smallest absolute Gasteiger partial charge is 0.368 e. The predicted molar refractivity (Wildman–Crippen MR) is 122 cm³/mol. The van der Waals surface area contributed by atoms with Gasteiger partial charge in [-0.2, -0.15) is 0 Å². The Morgan fingerprint density at radius 2 is 1.72 bits per heavy atom. The molecule has 0 aromatic heterocycles. The lowest BCUT2D eigenvalue weighted by atomic mass is 9.97. The molecule has 0 spiro atoms. The standard InChI is InChI=1S/C27H18FNO3/c28-21-11-6-7-18(15-21)17-31-25-14-13-19-8-4-5-12-22(19)23(25)16-24-26(29-32-27(24)30)20-9-2-1-3-10-20/h1-16H,17H2/b24-16-. The summed E-state index contributed by atoms with van der Waals surface area (Å²) in [5.41, 5.74) is 3.05. The van der Waals surface area contributed by atoms with Crippen LogP contribution in [-0.4, -0.2) is 11.7 Å². The van der Waals surface area contributed by atoms with Gasteiger partial charge >= 0.3 is 5.97 Å². The normalized spacial score (nSPS) is 14.5. The Hall–Kier alpha value is -4.25. The fourth-order valence-electron chi connectivity index (χ4n) is 3.70. The van der Waals surface area contributed by atoms with Crippen LogP contribution >= 0.6 is 0 Å². The van der Waals surface area contributed by atoms with Crippen molar-refractivity contribution in [3.05, 3.63) is 119 Å². The number of ether oxygens (including phenoxy) is 1. The van der Waals surface area contributed by atoms with Crippen LogP contribution < -0.4 is 4.74 Å². The van der Waals surface area contributed by atoms with E-state index >= 15 is 0 Å². The number of rotatable bonds is 5. The van der Waals surface area contributed by atoms with Crippen LogP contribution in [0.4, 0.5) is 4.39 Å². The highest BCUT2D eigenvalue weighted by Crippen LogP contribution is 2.32. The molecule has 4 aromatic carbocycles. The van der Waals surface area contributed by atoms with Gasteiger partial charge in [-0.3, -0.25) is 0 Å². The summed E-state index contributed by atoms with van der Waals surface area (Å²) in [7, 11) is 0. The highest BCUT2D eigenvalue weighted by Gasteiger charge is 2.27. The van der Waals surface area contributed by atoms with Crippen LogP contribution in [0, 0.1) is 5.82 Å². The molecule has 0 radical (unpaired) electrons. The summed E-state index contributed by atoms with van der Waals surface area (Å²) in [5, 5.41) is 5.92. The van der Waals surface area contributed by atoms with E-state index in [1.165, 1.54) is 12.1 Å². The van der Waals surface area contributed by atoms with Gasteiger partial charge in [0.2, 0.25) is 0 Å². The fraction of sp³-hybridized carbons (Fsp3) is 0.0370. The minimum atomic E-state index is -0.520. The molecule has 0 bridgehead atoms. The van der Waals surface area contributed by atoms with Crippen LogP contribution in [0.15, 0.2) is 102 Å². The van der Waals surface area contributed by atoms with Crippen molar-refractivity contribution in [2.75, 3.05) is 0 Å². The predicted octanol–water partition coefficient (Wildman–Crippen LogP) is 5.90. The molecule has 1 heterocycles. The molecule has 1 aliphatic heterocycles. The first kappa shape index (κ1) is 19.7. The highest BCUT2D eigenvalue weighted by molar-refractivity contribution is 6.31. The monoisotopic (exact) mass is 423 g/mol. The Morgan fingerprint density at radius 3 is 2.56 bits per heavy atom. The third kappa shape index (κ3) is 3.88. The van der Waals surface area contributed by atoms with Gasteiger partial charge in [-0.1, -0.05) is 78.0 Å². The summed E-state index contributed by atoms with van der Waals surface area (Å²) < 4.78 is 19.6. The number of benzene rings is 4. The van der Waals surface area contributed by atoms with Crippen molar-refractivity contribution in [1.29, 1.82) is 0 Å². The zero-order valence-corrected chi connectivity index (χ0v) is 17.0. The average Bonchev–Trinajstić information content (AvgIpc) is 3.19. The lowest BCUT2D eigenvalue weighted by Gasteiger charge is -2.13. The van der Waals surface area contributed by atoms with E-state index in [9.17, 15) is 9.18 Å². The van der Waals surface area contributed by atoms with Crippen LogP contribution in [0.3, 0.4) is 0 Å². The summed E-state index contributed by atoms with van der Waals surface area (Å²) in [4.78, 5) is 17.5. The molecule has 0 saturated heterocycles. The molecule has 156 valence electrons. The number of hydrogen-bond donors (Lipinski definition) is 0. The third-order valence-corrected chi connectivity index (χ3v) is 5.24. The minimum absolute atomic E-state index is 0.191. The SMILES string of the molecule is O=C1ON=C(c2ccccc2)/C1=C/c1c(OCc2cccc(F)c2)ccc2ccccc12. The second-order valence-corrected chi connectivity index (χ2v) is 7.36. The molecule has 5 rings (SSSR count). The van der Waals surface area contributed by atoms with Gasteiger partial charge in [-0.25, -0.2) is 9.18 Å². The maximum atomic E-state index is 13.6. The van der Waals surface area contributed by atoms with Gasteiger partial charge in [-0.05, 0) is 40.6 Å². The first-order valence-electron chi connectivity index (χ1n) is 10.1. The van der Waals surface area contributed by atoms with Crippen LogP contribution in [-0.2, 0) is 16.2 Å². The quantitative estimate of drug-likeness (QED) is 0.296. The largest absolute Gasteiger partial charge is 0.488 e. The number of hydrogen-bond acceptors (Lipinski definition) is 4. The summed E-state index contributed by atoms with van der Waals surface area (Å²) in [6, 6.07) is 27.3. The minimum Gasteiger partial charge on any atom is -0.488 e. The Labute approximate surface area is 184 Å². The van der Waals surface area contributed by atoms with Gasteiger partial charge in [0, 0.05) is 11.1 Å². The molecular weight excluding hydrogens is 405 g/mol. The summed E-state index contributed by atoms with van der Waals surface area (Å²) >= 11 is 0. The topological polar surface area (TPSA) is 47.9 Å². The second-order valence-electron chi connectivity index (χ2n) is 7.36. The van der Waals surface area contributed by atoms with Crippen molar-refractivity contribution in [2.24, 2.45) is 5.16 Å². The zero-order valence-electron chi connectivity index (χ0n) is 17.0. The third-order valence-electron chi connectivity index (χ3n) is 5.24.